The molecule has 0 amide bonds. The molecular weight excluding hydrogens is 683 g/mol. The number of rotatable bonds is 4. The van der Waals surface area contributed by atoms with E-state index in [0.717, 1.165) is 44.1 Å². The Morgan fingerprint density at radius 3 is 1.27 bits per heavy atom. The van der Waals surface area contributed by atoms with Crippen LogP contribution in [0.3, 0.4) is 0 Å². The average Bonchev–Trinajstić information content (AvgIpc) is 3.77. The first-order valence-corrected chi connectivity index (χ1v) is 19.0. The van der Waals surface area contributed by atoms with Crippen molar-refractivity contribution in [1.29, 1.82) is 0 Å². The number of nitrogens with zero attached hydrogens (tertiary/aromatic N) is 5. The van der Waals surface area contributed by atoms with Crippen LogP contribution in [0.15, 0.2) is 188 Å². The van der Waals surface area contributed by atoms with Gasteiger partial charge in [-0.05, 0) is 74.8 Å². The minimum absolute atomic E-state index is 0.578. The Morgan fingerprint density at radius 1 is 0.268 bits per heavy atom. The zero-order valence-electron chi connectivity index (χ0n) is 30.1. The van der Waals surface area contributed by atoms with Crippen LogP contribution in [0.4, 0.5) is 0 Å². The molecule has 0 fully saturated rings. The summed E-state index contributed by atoms with van der Waals surface area (Å²) in [6.45, 7) is 0. The van der Waals surface area contributed by atoms with E-state index in [0.29, 0.717) is 17.6 Å². The fourth-order valence-electron chi connectivity index (χ4n) is 8.84. The van der Waals surface area contributed by atoms with Gasteiger partial charge in [0.1, 0.15) is 0 Å². The molecule has 12 rings (SSSR count). The van der Waals surface area contributed by atoms with Gasteiger partial charge in [-0.2, -0.15) is 9.97 Å². The molecule has 0 aliphatic carbocycles. The van der Waals surface area contributed by atoms with Crippen LogP contribution < -0.4 is 0 Å². The van der Waals surface area contributed by atoms with Gasteiger partial charge in [-0.25, -0.2) is 4.98 Å². The lowest BCUT2D eigenvalue weighted by atomic mass is 9.93. The van der Waals surface area contributed by atoms with Gasteiger partial charge in [-0.3, -0.25) is 4.57 Å². The third-order valence-corrected chi connectivity index (χ3v) is 11.3. The zero-order chi connectivity index (χ0) is 36.7. The topological polar surface area (TPSA) is 48.5 Å². The zero-order valence-corrected chi connectivity index (χ0v) is 30.1. The summed E-state index contributed by atoms with van der Waals surface area (Å²) in [4.78, 5) is 15.4. The van der Waals surface area contributed by atoms with E-state index >= 15 is 0 Å². The Bertz CT molecular complexity index is 3450. The maximum absolute atomic E-state index is 5.20. The lowest BCUT2D eigenvalue weighted by Gasteiger charge is -2.12. The van der Waals surface area contributed by atoms with Crippen molar-refractivity contribution in [1.82, 2.24) is 24.1 Å². The van der Waals surface area contributed by atoms with Crippen molar-refractivity contribution < 1.29 is 0 Å². The highest BCUT2D eigenvalue weighted by Gasteiger charge is 2.22. The van der Waals surface area contributed by atoms with Crippen molar-refractivity contribution in [3.63, 3.8) is 0 Å². The molecule has 260 valence electrons. The molecule has 0 radical (unpaired) electrons. The van der Waals surface area contributed by atoms with Gasteiger partial charge >= 0.3 is 0 Å². The number of aromatic nitrogens is 5. The van der Waals surface area contributed by atoms with Crippen molar-refractivity contribution >= 4 is 75.9 Å². The van der Waals surface area contributed by atoms with E-state index in [9.17, 15) is 0 Å². The molecule has 0 spiro atoms. The molecule has 0 bridgehead atoms. The number of para-hydroxylation sites is 2. The number of hydrogen-bond donors (Lipinski definition) is 0. The van der Waals surface area contributed by atoms with Crippen LogP contribution in [0.1, 0.15) is 0 Å². The van der Waals surface area contributed by atoms with Gasteiger partial charge in [-0.15, -0.1) is 0 Å². The van der Waals surface area contributed by atoms with Crippen LogP contribution >= 0.6 is 0 Å². The van der Waals surface area contributed by atoms with E-state index < -0.39 is 0 Å². The summed E-state index contributed by atoms with van der Waals surface area (Å²) in [6.07, 6.45) is 0. The van der Waals surface area contributed by atoms with Gasteiger partial charge < -0.3 is 4.57 Å². The van der Waals surface area contributed by atoms with Gasteiger partial charge in [0.05, 0.1) is 22.1 Å². The molecule has 56 heavy (non-hydrogen) atoms. The molecular formula is C51H31N5. The van der Waals surface area contributed by atoms with Gasteiger partial charge in [0.25, 0.3) is 0 Å². The molecule has 0 saturated carbocycles. The molecule has 0 N–H and O–H groups in total. The van der Waals surface area contributed by atoms with Crippen molar-refractivity contribution in [2.75, 3.05) is 0 Å². The van der Waals surface area contributed by atoms with Crippen molar-refractivity contribution in [3.8, 4) is 34.4 Å². The second-order valence-corrected chi connectivity index (χ2v) is 14.4. The molecule has 0 saturated heterocycles. The lowest BCUT2D eigenvalue weighted by Crippen LogP contribution is -2.06. The third kappa shape index (κ3) is 4.52. The van der Waals surface area contributed by atoms with Gasteiger partial charge in [0.15, 0.2) is 11.6 Å². The van der Waals surface area contributed by atoms with E-state index in [1.165, 1.54) is 48.6 Å². The molecule has 0 atom stereocenters. The Hall–Kier alpha value is -7.63. The van der Waals surface area contributed by atoms with Crippen LogP contribution in [-0.4, -0.2) is 24.1 Å². The Balaban J connectivity index is 1.23. The molecule has 0 unspecified atom stereocenters. The molecule has 3 aromatic heterocycles. The van der Waals surface area contributed by atoms with E-state index in [4.69, 9.17) is 15.0 Å². The van der Waals surface area contributed by atoms with Gasteiger partial charge in [-0.1, -0.05) is 146 Å². The van der Waals surface area contributed by atoms with Crippen molar-refractivity contribution in [3.05, 3.63) is 188 Å². The summed E-state index contributed by atoms with van der Waals surface area (Å²) in [6, 6.07) is 66.8. The van der Waals surface area contributed by atoms with Crippen LogP contribution in [0.5, 0.6) is 0 Å². The fraction of sp³-hybridized carbons (Fsp3) is 0. The Kier molecular flexibility index (Phi) is 6.56. The average molecular weight is 714 g/mol. The monoisotopic (exact) mass is 713 g/mol. The highest BCUT2D eigenvalue weighted by atomic mass is 15.2. The molecule has 9 aromatic carbocycles. The predicted octanol–water partition coefficient (Wildman–Crippen LogP) is 12.9. The highest BCUT2D eigenvalue weighted by molar-refractivity contribution is 6.29. The normalized spacial score (nSPS) is 11.9. The van der Waals surface area contributed by atoms with E-state index in [-0.39, 0.29) is 0 Å². The first-order chi connectivity index (χ1) is 27.8. The Morgan fingerprint density at radius 2 is 0.679 bits per heavy atom. The van der Waals surface area contributed by atoms with E-state index in [1.807, 2.05) is 36.4 Å². The molecule has 3 heterocycles. The largest absolute Gasteiger partial charge is 0.309 e. The van der Waals surface area contributed by atoms with Crippen molar-refractivity contribution in [2.45, 2.75) is 0 Å². The molecule has 12 aromatic rings. The van der Waals surface area contributed by atoms with Gasteiger partial charge in [0, 0.05) is 38.4 Å². The van der Waals surface area contributed by atoms with Crippen LogP contribution in [0.25, 0.3) is 110 Å². The van der Waals surface area contributed by atoms with E-state index in [1.54, 1.807) is 0 Å². The summed E-state index contributed by atoms with van der Waals surface area (Å²) in [7, 11) is 0. The summed E-state index contributed by atoms with van der Waals surface area (Å²) in [5.74, 6) is 1.84. The first kappa shape index (κ1) is 30.8. The third-order valence-electron chi connectivity index (χ3n) is 11.3. The van der Waals surface area contributed by atoms with Crippen LogP contribution in [0.2, 0.25) is 0 Å². The molecule has 0 aliphatic rings. The van der Waals surface area contributed by atoms with Crippen molar-refractivity contribution in [2.24, 2.45) is 0 Å². The first-order valence-electron chi connectivity index (χ1n) is 19.0. The predicted molar refractivity (Wildman–Crippen MR) is 232 cm³/mol. The quantitative estimate of drug-likeness (QED) is 0.171. The number of benzene rings is 9. The van der Waals surface area contributed by atoms with Gasteiger partial charge in [0.2, 0.25) is 5.95 Å². The summed E-state index contributed by atoms with van der Waals surface area (Å²) < 4.78 is 4.64. The van der Waals surface area contributed by atoms with Crippen LogP contribution in [0, 0.1) is 0 Å². The minimum atomic E-state index is 0.578. The maximum atomic E-state index is 5.20. The Labute approximate surface area is 321 Å². The lowest BCUT2D eigenvalue weighted by molar-refractivity contribution is 0.953. The molecule has 0 aliphatic heterocycles. The second kappa shape index (κ2) is 11.9. The van der Waals surface area contributed by atoms with Crippen LogP contribution in [-0.2, 0) is 0 Å². The fourth-order valence-corrected chi connectivity index (χ4v) is 8.84. The molecule has 5 heteroatoms. The number of fused-ring (bicyclic) bond motifs is 12. The summed E-state index contributed by atoms with van der Waals surface area (Å²) >= 11 is 0. The van der Waals surface area contributed by atoms with E-state index in [2.05, 4.69) is 161 Å². The summed E-state index contributed by atoms with van der Waals surface area (Å²) in [5.41, 5.74) is 7.34. The highest BCUT2D eigenvalue weighted by Crippen LogP contribution is 2.43. The standard InChI is InChI=1S/C51H31N5/c1-4-16-32(17-5-1)49-52-50(33-18-6-2-7-19-33)54-51(53-49)56-45-27-15-14-26-39(45)42-29-44-43-28-40-37-24-12-10-22-35(37)36-23-11-13-25-38(36)41(40)30-46(43)55(47(44)31-48(42)56)34-20-8-3-9-21-34/h1-31H. The smallest absolute Gasteiger partial charge is 0.238 e. The SMILES string of the molecule is c1ccc(-c2nc(-c3ccccc3)nc(-n3c4ccccc4c4cc5c6cc7c8ccccc8c8ccccc8c7cc6n(-c6ccccc6)c5cc43)n2)cc1. The maximum Gasteiger partial charge on any atom is 0.238 e. The number of hydrogen-bond acceptors (Lipinski definition) is 3. The second-order valence-electron chi connectivity index (χ2n) is 14.4. The molecule has 5 nitrogen and oxygen atoms in total. The summed E-state index contributed by atoms with van der Waals surface area (Å²) in [5, 5.41) is 12.3. The minimum Gasteiger partial charge on any atom is -0.309 e.